The molecule has 0 aromatic carbocycles. The number of carboxylic acids is 1. The molecule has 1 unspecified atom stereocenters. The summed E-state index contributed by atoms with van der Waals surface area (Å²) in [5.41, 5.74) is -0.619. The second kappa shape index (κ2) is 4.30. The Morgan fingerprint density at radius 1 is 1.50 bits per heavy atom. The molecule has 0 saturated carbocycles. The van der Waals surface area contributed by atoms with Crippen molar-refractivity contribution in [2.75, 3.05) is 13.1 Å². The van der Waals surface area contributed by atoms with Crippen LogP contribution in [-0.4, -0.2) is 35.1 Å². The summed E-state index contributed by atoms with van der Waals surface area (Å²) in [6.45, 7) is 7.52. The third-order valence-electron chi connectivity index (χ3n) is 3.12. The number of carboxylic acid groups (broad SMARTS) is 1. The van der Waals surface area contributed by atoms with E-state index in [1.807, 2.05) is 0 Å². The highest BCUT2D eigenvalue weighted by molar-refractivity contribution is 5.73. The maximum Gasteiger partial charge on any atom is 0.310 e. The molecule has 1 aliphatic heterocycles. The minimum absolute atomic E-state index is 0.544. The summed E-state index contributed by atoms with van der Waals surface area (Å²) in [6, 6.07) is 0.544. The van der Waals surface area contributed by atoms with Crippen LogP contribution in [0.15, 0.2) is 0 Å². The third-order valence-corrected chi connectivity index (χ3v) is 3.12. The van der Waals surface area contributed by atoms with E-state index in [0.717, 1.165) is 6.54 Å². The monoisotopic (exact) mass is 199 g/mol. The number of hydrogen-bond acceptors (Lipinski definition) is 2. The van der Waals surface area contributed by atoms with E-state index in [-0.39, 0.29) is 0 Å². The SMILES string of the molecule is CC1CCCCN1CC(C)(C)C(=O)O. The molecule has 0 amide bonds. The van der Waals surface area contributed by atoms with Gasteiger partial charge in [0.25, 0.3) is 0 Å². The number of aliphatic carboxylic acids is 1. The number of hydrogen-bond donors (Lipinski definition) is 1. The first-order chi connectivity index (χ1) is 6.43. The van der Waals surface area contributed by atoms with Gasteiger partial charge in [0.2, 0.25) is 0 Å². The molecule has 14 heavy (non-hydrogen) atoms. The average molecular weight is 199 g/mol. The fraction of sp³-hybridized carbons (Fsp3) is 0.909. The van der Waals surface area contributed by atoms with Gasteiger partial charge in [-0.05, 0) is 40.2 Å². The minimum Gasteiger partial charge on any atom is -0.481 e. The van der Waals surface area contributed by atoms with E-state index < -0.39 is 11.4 Å². The Morgan fingerprint density at radius 3 is 2.64 bits per heavy atom. The van der Waals surface area contributed by atoms with Crippen molar-refractivity contribution in [3.05, 3.63) is 0 Å². The number of likely N-dealkylation sites (tertiary alicyclic amines) is 1. The molecule has 1 heterocycles. The van der Waals surface area contributed by atoms with E-state index in [0.29, 0.717) is 12.6 Å². The molecule has 0 aliphatic carbocycles. The van der Waals surface area contributed by atoms with Gasteiger partial charge in [-0.15, -0.1) is 0 Å². The van der Waals surface area contributed by atoms with Crippen molar-refractivity contribution >= 4 is 5.97 Å². The summed E-state index contributed by atoms with van der Waals surface area (Å²) in [5, 5.41) is 9.03. The van der Waals surface area contributed by atoms with Crippen LogP contribution in [0.1, 0.15) is 40.0 Å². The standard InChI is InChI=1S/C11H21NO2/c1-9-6-4-5-7-12(9)8-11(2,3)10(13)14/h9H,4-8H2,1-3H3,(H,13,14). The molecule has 1 atom stereocenters. The maximum atomic E-state index is 11.0. The quantitative estimate of drug-likeness (QED) is 0.755. The van der Waals surface area contributed by atoms with E-state index in [1.54, 1.807) is 13.8 Å². The topological polar surface area (TPSA) is 40.5 Å². The predicted octanol–water partition coefficient (Wildman–Crippen LogP) is 1.97. The zero-order valence-corrected chi connectivity index (χ0v) is 9.42. The Labute approximate surface area is 86.1 Å². The van der Waals surface area contributed by atoms with Crippen LogP contribution in [0.4, 0.5) is 0 Å². The van der Waals surface area contributed by atoms with E-state index in [4.69, 9.17) is 5.11 Å². The van der Waals surface area contributed by atoms with Crippen molar-refractivity contribution in [3.63, 3.8) is 0 Å². The van der Waals surface area contributed by atoms with Gasteiger partial charge >= 0.3 is 5.97 Å². The lowest BCUT2D eigenvalue weighted by atomic mass is 9.91. The summed E-state index contributed by atoms with van der Waals surface area (Å²) in [5.74, 6) is -0.699. The van der Waals surface area contributed by atoms with Crippen molar-refractivity contribution in [1.82, 2.24) is 4.90 Å². The molecular weight excluding hydrogens is 178 g/mol. The van der Waals surface area contributed by atoms with Gasteiger partial charge < -0.3 is 5.11 Å². The third kappa shape index (κ3) is 2.71. The summed E-state index contributed by atoms with van der Waals surface area (Å²) >= 11 is 0. The normalized spacial score (nSPS) is 24.9. The van der Waals surface area contributed by atoms with Crippen molar-refractivity contribution in [3.8, 4) is 0 Å². The van der Waals surface area contributed by atoms with Crippen molar-refractivity contribution < 1.29 is 9.90 Å². The fourth-order valence-electron chi connectivity index (χ4n) is 1.97. The van der Waals surface area contributed by atoms with Crippen molar-refractivity contribution in [2.24, 2.45) is 5.41 Å². The maximum absolute atomic E-state index is 11.0. The first kappa shape index (κ1) is 11.5. The fourth-order valence-corrected chi connectivity index (χ4v) is 1.97. The summed E-state index contributed by atoms with van der Waals surface area (Å²) in [4.78, 5) is 13.3. The molecule has 1 aliphatic rings. The molecule has 1 fully saturated rings. The highest BCUT2D eigenvalue weighted by atomic mass is 16.4. The van der Waals surface area contributed by atoms with Crippen LogP contribution in [0.3, 0.4) is 0 Å². The largest absolute Gasteiger partial charge is 0.481 e. The van der Waals surface area contributed by atoms with Crippen LogP contribution in [0, 0.1) is 5.41 Å². The lowest BCUT2D eigenvalue weighted by Gasteiger charge is -2.37. The van der Waals surface area contributed by atoms with Gasteiger partial charge in [-0.25, -0.2) is 0 Å². The van der Waals surface area contributed by atoms with E-state index in [1.165, 1.54) is 19.3 Å². The van der Waals surface area contributed by atoms with Gasteiger partial charge in [0.1, 0.15) is 0 Å². The lowest BCUT2D eigenvalue weighted by Crippen LogP contribution is -2.45. The molecule has 1 N–H and O–H groups in total. The Balaban J connectivity index is 2.53. The second-order valence-corrected chi connectivity index (χ2v) is 5.00. The highest BCUT2D eigenvalue weighted by Gasteiger charge is 2.32. The van der Waals surface area contributed by atoms with Crippen molar-refractivity contribution in [2.45, 2.75) is 46.1 Å². The van der Waals surface area contributed by atoms with Gasteiger partial charge in [0.05, 0.1) is 5.41 Å². The zero-order valence-electron chi connectivity index (χ0n) is 9.42. The number of rotatable bonds is 3. The molecule has 3 heteroatoms. The van der Waals surface area contributed by atoms with Crippen LogP contribution in [0.25, 0.3) is 0 Å². The zero-order chi connectivity index (χ0) is 10.8. The highest BCUT2D eigenvalue weighted by Crippen LogP contribution is 2.23. The molecular formula is C11H21NO2. The van der Waals surface area contributed by atoms with Crippen LogP contribution in [0.2, 0.25) is 0 Å². The Hall–Kier alpha value is -0.570. The van der Waals surface area contributed by atoms with Crippen LogP contribution in [0.5, 0.6) is 0 Å². The second-order valence-electron chi connectivity index (χ2n) is 5.00. The van der Waals surface area contributed by atoms with Gasteiger partial charge in [-0.3, -0.25) is 9.69 Å². The molecule has 0 bridgehead atoms. The van der Waals surface area contributed by atoms with Gasteiger partial charge in [-0.1, -0.05) is 6.42 Å². The Morgan fingerprint density at radius 2 is 2.14 bits per heavy atom. The van der Waals surface area contributed by atoms with Gasteiger partial charge in [-0.2, -0.15) is 0 Å². The smallest absolute Gasteiger partial charge is 0.310 e. The molecule has 0 radical (unpaired) electrons. The first-order valence-electron chi connectivity index (χ1n) is 5.41. The molecule has 0 spiro atoms. The van der Waals surface area contributed by atoms with E-state index >= 15 is 0 Å². The molecule has 0 aromatic heterocycles. The molecule has 0 aromatic rings. The minimum atomic E-state index is -0.699. The molecule has 1 rings (SSSR count). The number of nitrogens with zero attached hydrogens (tertiary/aromatic N) is 1. The van der Waals surface area contributed by atoms with Crippen molar-refractivity contribution in [1.29, 1.82) is 0 Å². The lowest BCUT2D eigenvalue weighted by molar-refractivity contribution is -0.148. The number of piperidine rings is 1. The van der Waals surface area contributed by atoms with Gasteiger partial charge in [0, 0.05) is 12.6 Å². The summed E-state index contributed by atoms with van der Waals surface area (Å²) < 4.78 is 0. The van der Waals surface area contributed by atoms with Crippen LogP contribution >= 0.6 is 0 Å². The summed E-state index contributed by atoms with van der Waals surface area (Å²) in [7, 11) is 0. The predicted molar refractivity (Wildman–Crippen MR) is 56.3 cm³/mol. The van der Waals surface area contributed by atoms with E-state index in [2.05, 4.69) is 11.8 Å². The van der Waals surface area contributed by atoms with E-state index in [9.17, 15) is 4.79 Å². The molecule has 3 nitrogen and oxygen atoms in total. The Bertz CT molecular complexity index is 213. The Kier molecular flexibility index (Phi) is 3.53. The average Bonchev–Trinajstić information content (AvgIpc) is 2.08. The van der Waals surface area contributed by atoms with Gasteiger partial charge in [0.15, 0.2) is 0 Å². The number of carbonyl (C=O) groups is 1. The first-order valence-corrected chi connectivity index (χ1v) is 5.41. The summed E-state index contributed by atoms with van der Waals surface area (Å²) in [6.07, 6.45) is 3.70. The molecule has 82 valence electrons. The van der Waals surface area contributed by atoms with Crippen LogP contribution < -0.4 is 0 Å². The van der Waals surface area contributed by atoms with Crippen LogP contribution in [-0.2, 0) is 4.79 Å². The molecule has 1 saturated heterocycles.